The molecule has 0 saturated carbocycles. The van der Waals surface area contributed by atoms with Gasteiger partial charge in [0.05, 0.1) is 0 Å². The lowest BCUT2D eigenvalue weighted by molar-refractivity contribution is -0.138. The van der Waals surface area contributed by atoms with Crippen LogP contribution in [0.25, 0.3) is 0 Å². The molecule has 0 aliphatic carbocycles. The van der Waals surface area contributed by atoms with Crippen LogP contribution in [0.2, 0.25) is 0 Å². The summed E-state index contributed by atoms with van der Waals surface area (Å²) in [5.41, 5.74) is 2.37. The molecule has 5 nitrogen and oxygen atoms in total. The van der Waals surface area contributed by atoms with E-state index in [1.165, 1.54) is 5.56 Å². The third kappa shape index (κ3) is 6.45. The summed E-state index contributed by atoms with van der Waals surface area (Å²) in [4.78, 5) is 29.4. The summed E-state index contributed by atoms with van der Waals surface area (Å²) in [6.45, 7) is 9.48. The second-order valence-corrected chi connectivity index (χ2v) is 7.86. The van der Waals surface area contributed by atoms with Gasteiger partial charge in [-0.1, -0.05) is 43.7 Å². The Morgan fingerprint density at radius 3 is 2.27 bits per heavy atom. The van der Waals surface area contributed by atoms with E-state index in [0.717, 1.165) is 31.7 Å². The summed E-state index contributed by atoms with van der Waals surface area (Å²) >= 11 is 0. The van der Waals surface area contributed by atoms with Crippen LogP contribution in [-0.4, -0.2) is 60.9 Å². The van der Waals surface area contributed by atoms with Crippen molar-refractivity contribution in [3.8, 4) is 0 Å². The first-order valence-electron chi connectivity index (χ1n) is 9.67. The third-order valence-electron chi connectivity index (χ3n) is 4.92. The van der Waals surface area contributed by atoms with Crippen molar-refractivity contribution >= 4 is 11.8 Å². The normalized spacial score (nSPS) is 16.6. The van der Waals surface area contributed by atoms with Crippen molar-refractivity contribution in [3.05, 3.63) is 35.4 Å². The Morgan fingerprint density at radius 2 is 1.69 bits per heavy atom. The Hall–Kier alpha value is -1.88. The molecule has 1 aromatic rings. The molecular formula is C21H33N3O2. The van der Waals surface area contributed by atoms with Crippen LogP contribution < -0.4 is 5.32 Å². The molecule has 2 amide bonds. The van der Waals surface area contributed by atoms with Crippen LogP contribution >= 0.6 is 0 Å². The van der Waals surface area contributed by atoms with Crippen LogP contribution in [0.4, 0.5) is 0 Å². The summed E-state index contributed by atoms with van der Waals surface area (Å²) < 4.78 is 0. The van der Waals surface area contributed by atoms with Crippen molar-refractivity contribution in [3.63, 3.8) is 0 Å². The highest BCUT2D eigenvalue weighted by Gasteiger charge is 2.28. The Labute approximate surface area is 157 Å². The molecule has 0 aromatic heterocycles. The van der Waals surface area contributed by atoms with Gasteiger partial charge in [0.2, 0.25) is 11.8 Å². The maximum absolute atomic E-state index is 12.9. The van der Waals surface area contributed by atoms with E-state index in [1.54, 1.807) is 0 Å². The van der Waals surface area contributed by atoms with E-state index in [1.807, 2.05) is 4.90 Å². The predicted molar refractivity (Wildman–Crippen MR) is 105 cm³/mol. The molecule has 1 atom stereocenters. The number of hydrogen-bond donors (Lipinski definition) is 1. The number of likely N-dealkylation sites (N-methyl/N-ethyl adjacent to an activating group) is 1. The molecule has 1 saturated heterocycles. The predicted octanol–water partition coefficient (Wildman–Crippen LogP) is 2.23. The zero-order chi connectivity index (χ0) is 19.1. The van der Waals surface area contributed by atoms with E-state index in [2.05, 4.69) is 62.3 Å². The second-order valence-electron chi connectivity index (χ2n) is 7.86. The van der Waals surface area contributed by atoms with Gasteiger partial charge in [-0.3, -0.25) is 9.59 Å². The average molecular weight is 360 g/mol. The molecule has 1 aromatic carbocycles. The highest BCUT2D eigenvalue weighted by Crippen LogP contribution is 2.11. The number of nitrogens with one attached hydrogen (secondary N) is 1. The zero-order valence-corrected chi connectivity index (χ0v) is 16.6. The van der Waals surface area contributed by atoms with Crippen LogP contribution in [0.1, 0.15) is 37.8 Å². The van der Waals surface area contributed by atoms with Gasteiger partial charge in [0.15, 0.2) is 0 Å². The number of benzene rings is 1. The molecule has 0 radical (unpaired) electrons. The van der Waals surface area contributed by atoms with Gasteiger partial charge in [0.25, 0.3) is 0 Å². The number of amides is 2. The summed E-state index contributed by atoms with van der Waals surface area (Å²) in [6.07, 6.45) is 1.79. The summed E-state index contributed by atoms with van der Waals surface area (Å²) in [6, 6.07) is 7.83. The molecule has 0 spiro atoms. The number of aryl methyl sites for hydroxylation is 2. The van der Waals surface area contributed by atoms with Gasteiger partial charge >= 0.3 is 0 Å². The summed E-state index contributed by atoms with van der Waals surface area (Å²) in [7, 11) is 2.07. The van der Waals surface area contributed by atoms with E-state index >= 15 is 0 Å². The van der Waals surface area contributed by atoms with E-state index in [0.29, 0.717) is 25.2 Å². The van der Waals surface area contributed by atoms with Crippen LogP contribution in [-0.2, 0) is 16.0 Å². The van der Waals surface area contributed by atoms with Crippen LogP contribution in [0, 0.1) is 12.8 Å². The minimum Gasteiger partial charge on any atom is -0.344 e. The number of nitrogens with zero attached hydrogens (tertiary/aromatic N) is 2. The Bertz CT molecular complexity index is 590. The molecule has 1 N–H and O–H groups in total. The first kappa shape index (κ1) is 20.4. The van der Waals surface area contributed by atoms with Gasteiger partial charge in [0, 0.05) is 32.6 Å². The van der Waals surface area contributed by atoms with Gasteiger partial charge < -0.3 is 15.1 Å². The van der Waals surface area contributed by atoms with E-state index in [9.17, 15) is 9.59 Å². The van der Waals surface area contributed by atoms with Crippen molar-refractivity contribution in [2.24, 2.45) is 5.92 Å². The molecule has 144 valence electrons. The number of carbonyl (C=O) groups is 2. The second kappa shape index (κ2) is 9.72. The Morgan fingerprint density at radius 1 is 1.08 bits per heavy atom. The SMILES string of the molecule is Cc1ccc(CCC(=O)N[C@H](CC(C)C)C(=O)N2CCN(C)CC2)cc1. The number of carbonyl (C=O) groups excluding carboxylic acids is 2. The lowest BCUT2D eigenvalue weighted by Gasteiger charge is -2.35. The van der Waals surface area contributed by atoms with Crippen molar-refractivity contribution in [1.82, 2.24) is 15.1 Å². The molecule has 2 rings (SSSR count). The summed E-state index contributed by atoms with van der Waals surface area (Å²) in [5.74, 6) is 0.378. The van der Waals surface area contributed by atoms with Gasteiger partial charge in [-0.15, -0.1) is 0 Å². The quantitative estimate of drug-likeness (QED) is 0.812. The molecule has 1 aliphatic heterocycles. The first-order valence-corrected chi connectivity index (χ1v) is 9.67. The largest absolute Gasteiger partial charge is 0.344 e. The maximum atomic E-state index is 12.9. The van der Waals surface area contributed by atoms with Crippen molar-refractivity contribution < 1.29 is 9.59 Å². The average Bonchev–Trinajstić information content (AvgIpc) is 2.60. The van der Waals surface area contributed by atoms with Crippen LogP contribution in [0.5, 0.6) is 0 Å². The smallest absolute Gasteiger partial charge is 0.245 e. The fourth-order valence-electron chi connectivity index (χ4n) is 3.22. The fourth-order valence-corrected chi connectivity index (χ4v) is 3.22. The summed E-state index contributed by atoms with van der Waals surface area (Å²) in [5, 5.41) is 2.99. The van der Waals surface area contributed by atoms with Crippen molar-refractivity contribution in [2.75, 3.05) is 33.2 Å². The molecule has 1 heterocycles. The lowest BCUT2D eigenvalue weighted by Crippen LogP contribution is -2.54. The maximum Gasteiger partial charge on any atom is 0.245 e. The minimum absolute atomic E-state index is 0.0429. The molecule has 26 heavy (non-hydrogen) atoms. The standard InChI is InChI=1S/C21H33N3O2/c1-16(2)15-19(21(26)24-13-11-23(4)12-14-24)22-20(25)10-9-18-7-5-17(3)6-8-18/h5-8,16,19H,9-15H2,1-4H3,(H,22,25)/t19-/m1/s1. The molecule has 1 fully saturated rings. The molecule has 1 aliphatic rings. The van der Waals surface area contributed by atoms with Crippen LogP contribution in [0.3, 0.4) is 0 Å². The number of hydrogen-bond acceptors (Lipinski definition) is 3. The van der Waals surface area contributed by atoms with Crippen LogP contribution in [0.15, 0.2) is 24.3 Å². The van der Waals surface area contributed by atoms with E-state index in [-0.39, 0.29) is 11.8 Å². The Kier molecular flexibility index (Phi) is 7.64. The number of piperazine rings is 1. The lowest BCUT2D eigenvalue weighted by atomic mass is 10.0. The third-order valence-corrected chi connectivity index (χ3v) is 4.92. The topological polar surface area (TPSA) is 52.7 Å². The minimum atomic E-state index is -0.413. The van der Waals surface area contributed by atoms with Gasteiger partial charge in [-0.25, -0.2) is 0 Å². The highest BCUT2D eigenvalue weighted by atomic mass is 16.2. The van der Waals surface area contributed by atoms with Gasteiger partial charge in [-0.05, 0) is 38.3 Å². The van der Waals surface area contributed by atoms with Gasteiger partial charge in [0.1, 0.15) is 6.04 Å². The number of rotatable bonds is 7. The molecule has 0 unspecified atom stereocenters. The van der Waals surface area contributed by atoms with Crippen molar-refractivity contribution in [2.45, 2.75) is 46.1 Å². The molecule has 5 heteroatoms. The molecule has 0 bridgehead atoms. The fraction of sp³-hybridized carbons (Fsp3) is 0.619. The van der Waals surface area contributed by atoms with E-state index < -0.39 is 6.04 Å². The monoisotopic (exact) mass is 359 g/mol. The van der Waals surface area contributed by atoms with Crippen molar-refractivity contribution in [1.29, 1.82) is 0 Å². The first-order chi connectivity index (χ1) is 12.3. The highest BCUT2D eigenvalue weighted by molar-refractivity contribution is 5.87. The Balaban J connectivity index is 1.90. The zero-order valence-electron chi connectivity index (χ0n) is 16.6. The van der Waals surface area contributed by atoms with Gasteiger partial charge in [-0.2, -0.15) is 0 Å². The molecular weight excluding hydrogens is 326 g/mol. The van der Waals surface area contributed by atoms with E-state index in [4.69, 9.17) is 0 Å².